The Bertz CT molecular complexity index is 886. The van der Waals surface area contributed by atoms with Gasteiger partial charge in [0, 0.05) is 24.3 Å². The molecule has 4 N–H and O–H groups in total. The molecule has 0 saturated heterocycles. The Morgan fingerprint density at radius 3 is 2.79 bits per heavy atom. The number of aromatic amines is 1. The summed E-state index contributed by atoms with van der Waals surface area (Å²) in [6.07, 6.45) is 0.936. The molecule has 7 nitrogen and oxygen atoms in total. The number of nitrogen functional groups attached to an aromatic ring is 1. The lowest BCUT2D eigenvalue weighted by Crippen LogP contribution is -2.27. The van der Waals surface area contributed by atoms with E-state index in [0.717, 1.165) is 42.2 Å². The van der Waals surface area contributed by atoms with Gasteiger partial charge in [-0.05, 0) is 43.3 Å². The zero-order valence-corrected chi connectivity index (χ0v) is 13.8. The molecule has 3 aromatic rings. The summed E-state index contributed by atoms with van der Waals surface area (Å²) in [7, 11) is 3.77. The maximum absolute atomic E-state index is 6.06. The summed E-state index contributed by atoms with van der Waals surface area (Å²) in [4.78, 5) is 6.97. The number of nitrogens with one attached hydrogen (secondary N) is 2. The molecule has 1 aliphatic heterocycles. The first-order valence-corrected chi connectivity index (χ1v) is 7.90. The number of anilines is 3. The van der Waals surface area contributed by atoms with Crippen LogP contribution in [0.4, 0.5) is 17.3 Å². The van der Waals surface area contributed by atoms with Crippen molar-refractivity contribution in [2.45, 2.75) is 13.0 Å². The second kappa shape index (κ2) is 5.68. The van der Waals surface area contributed by atoms with Gasteiger partial charge in [-0.3, -0.25) is 5.10 Å². The van der Waals surface area contributed by atoms with Crippen molar-refractivity contribution >= 4 is 28.4 Å². The van der Waals surface area contributed by atoms with Gasteiger partial charge in [0.05, 0.1) is 12.5 Å². The standard InChI is InChI=1S/C17H20N6O/c1-23-8-7-12-13(9-23)16(20-17-14(12)15(18)21-22-17)19-10-3-5-11(24-2)6-4-10/h3-6H,7-9H2,1-2H3,(H4,18,19,20,21,22). The Kier molecular flexibility index (Phi) is 3.50. The smallest absolute Gasteiger partial charge is 0.185 e. The summed E-state index contributed by atoms with van der Waals surface area (Å²) in [6.45, 7) is 1.83. The largest absolute Gasteiger partial charge is 0.497 e. The van der Waals surface area contributed by atoms with Crippen LogP contribution >= 0.6 is 0 Å². The molecular weight excluding hydrogens is 304 g/mol. The van der Waals surface area contributed by atoms with Crippen LogP contribution < -0.4 is 15.8 Å². The van der Waals surface area contributed by atoms with Crippen molar-refractivity contribution in [1.82, 2.24) is 20.1 Å². The average Bonchev–Trinajstić information content (AvgIpc) is 2.96. The van der Waals surface area contributed by atoms with E-state index in [0.29, 0.717) is 11.5 Å². The molecule has 7 heteroatoms. The number of methoxy groups -OCH3 is 1. The first-order valence-electron chi connectivity index (χ1n) is 7.90. The summed E-state index contributed by atoms with van der Waals surface area (Å²) >= 11 is 0. The molecule has 2 aromatic heterocycles. The van der Waals surface area contributed by atoms with Crippen molar-refractivity contribution in [2.24, 2.45) is 0 Å². The van der Waals surface area contributed by atoms with Gasteiger partial charge >= 0.3 is 0 Å². The first kappa shape index (κ1) is 14.8. The molecule has 1 aliphatic rings. The second-order valence-corrected chi connectivity index (χ2v) is 6.09. The summed E-state index contributed by atoms with van der Waals surface area (Å²) in [6, 6.07) is 7.79. The lowest BCUT2D eigenvalue weighted by molar-refractivity contribution is 0.314. The SMILES string of the molecule is COc1ccc(Nc2nc3n[nH]c(N)c3c3c2CN(C)CC3)cc1. The van der Waals surface area contributed by atoms with E-state index in [-0.39, 0.29) is 0 Å². The number of nitrogens with two attached hydrogens (primary N) is 1. The van der Waals surface area contributed by atoms with E-state index in [4.69, 9.17) is 15.5 Å². The van der Waals surface area contributed by atoms with Crippen molar-refractivity contribution in [3.63, 3.8) is 0 Å². The van der Waals surface area contributed by atoms with Crippen molar-refractivity contribution in [2.75, 3.05) is 31.8 Å². The fourth-order valence-electron chi connectivity index (χ4n) is 3.20. The van der Waals surface area contributed by atoms with Gasteiger partial charge in [-0.2, -0.15) is 5.10 Å². The van der Waals surface area contributed by atoms with E-state index in [1.165, 1.54) is 11.1 Å². The highest BCUT2D eigenvalue weighted by Gasteiger charge is 2.23. The number of rotatable bonds is 3. The number of H-pyrrole nitrogens is 1. The van der Waals surface area contributed by atoms with Gasteiger partial charge in [0.15, 0.2) is 5.65 Å². The molecule has 0 amide bonds. The predicted molar refractivity (Wildman–Crippen MR) is 94.6 cm³/mol. The number of likely N-dealkylation sites (N-methyl/N-ethyl adjacent to an activating group) is 1. The first-order chi connectivity index (χ1) is 11.7. The van der Waals surface area contributed by atoms with Crippen molar-refractivity contribution in [3.8, 4) is 5.75 Å². The predicted octanol–water partition coefficient (Wildman–Crippen LogP) is 2.28. The summed E-state index contributed by atoms with van der Waals surface area (Å²) in [5.41, 5.74) is 10.1. The molecule has 1 aromatic carbocycles. The zero-order valence-electron chi connectivity index (χ0n) is 13.8. The average molecular weight is 324 g/mol. The summed E-state index contributed by atoms with van der Waals surface area (Å²) < 4.78 is 5.21. The third-order valence-electron chi connectivity index (χ3n) is 4.47. The third kappa shape index (κ3) is 2.43. The molecule has 0 spiro atoms. The monoisotopic (exact) mass is 324 g/mol. The normalized spacial score (nSPS) is 14.6. The molecule has 3 heterocycles. The van der Waals surface area contributed by atoms with Gasteiger partial charge in [-0.25, -0.2) is 4.98 Å². The van der Waals surface area contributed by atoms with Crippen LogP contribution in [0, 0.1) is 0 Å². The van der Waals surface area contributed by atoms with Crippen molar-refractivity contribution < 1.29 is 4.74 Å². The Hall–Kier alpha value is -2.80. The maximum Gasteiger partial charge on any atom is 0.185 e. The van der Waals surface area contributed by atoms with Crippen LogP contribution in [-0.2, 0) is 13.0 Å². The topological polar surface area (TPSA) is 92.1 Å². The summed E-state index contributed by atoms with van der Waals surface area (Å²) in [5, 5.41) is 11.5. The van der Waals surface area contributed by atoms with Crippen LogP contribution in [0.3, 0.4) is 0 Å². The number of aromatic nitrogens is 3. The van der Waals surface area contributed by atoms with Gasteiger partial charge in [0.25, 0.3) is 0 Å². The molecule has 0 atom stereocenters. The minimum absolute atomic E-state index is 0.592. The number of pyridine rings is 1. The maximum atomic E-state index is 6.06. The number of hydrogen-bond donors (Lipinski definition) is 3. The number of ether oxygens (including phenoxy) is 1. The van der Waals surface area contributed by atoms with Gasteiger partial charge in [0.2, 0.25) is 0 Å². The summed E-state index contributed by atoms with van der Waals surface area (Å²) in [5.74, 6) is 2.25. The van der Waals surface area contributed by atoms with Crippen molar-refractivity contribution in [3.05, 3.63) is 35.4 Å². The highest BCUT2D eigenvalue weighted by atomic mass is 16.5. The van der Waals surface area contributed by atoms with E-state index >= 15 is 0 Å². The van der Waals surface area contributed by atoms with E-state index in [1.807, 2.05) is 24.3 Å². The van der Waals surface area contributed by atoms with Crippen LogP contribution in [0.1, 0.15) is 11.1 Å². The molecule has 0 unspecified atom stereocenters. The van der Waals surface area contributed by atoms with Gasteiger partial charge in [0.1, 0.15) is 17.4 Å². The minimum Gasteiger partial charge on any atom is -0.497 e. The van der Waals surface area contributed by atoms with Gasteiger partial charge in [-0.15, -0.1) is 0 Å². The van der Waals surface area contributed by atoms with Crippen LogP contribution in [-0.4, -0.2) is 40.8 Å². The minimum atomic E-state index is 0.592. The van der Waals surface area contributed by atoms with Crippen LogP contribution in [0.25, 0.3) is 11.0 Å². The molecule has 0 saturated carbocycles. The van der Waals surface area contributed by atoms with E-state index in [2.05, 4.69) is 27.5 Å². The zero-order chi connectivity index (χ0) is 16.7. The van der Waals surface area contributed by atoms with E-state index in [9.17, 15) is 0 Å². The molecule has 4 rings (SSSR count). The molecule has 0 bridgehead atoms. The Morgan fingerprint density at radius 1 is 1.25 bits per heavy atom. The lowest BCUT2D eigenvalue weighted by atomic mass is 9.97. The Morgan fingerprint density at radius 2 is 2.04 bits per heavy atom. The molecule has 24 heavy (non-hydrogen) atoms. The van der Waals surface area contributed by atoms with Gasteiger partial charge < -0.3 is 20.7 Å². The van der Waals surface area contributed by atoms with Gasteiger partial charge in [-0.1, -0.05) is 0 Å². The third-order valence-corrected chi connectivity index (χ3v) is 4.47. The fraction of sp³-hybridized carbons (Fsp3) is 0.294. The van der Waals surface area contributed by atoms with Crippen LogP contribution in [0.15, 0.2) is 24.3 Å². The lowest BCUT2D eigenvalue weighted by Gasteiger charge is -2.27. The number of benzene rings is 1. The molecule has 0 fully saturated rings. The molecule has 0 aliphatic carbocycles. The van der Waals surface area contributed by atoms with Crippen molar-refractivity contribution in [1.29, 1.82) is 0 Å². The molecule has 124 valence electrons. The second-order valence-electron chi connectivity index (χ2n) is 6.09. The Balaban J connectivity index is 1.80. The van der Waals surface area contributed by atoms with Crippen LogP contribution in [0.5, 0.6) is 5.75 Å². The quantitative estimate of drug-likeness (QED) is 0.684. The molecule has 0 radical (unpaired) electrons. The Labute approximate surface area is 139 Å². The highest BCUT2D eigenvalue weighted by molar-refractivity contribution is 5.92. The number of nitrogens with zero attached hydrogens (tertiary/aromatic N) is 3. The molecular formula is C17H20N6O. The number of hydrogen-bond acceptors (Lipinski definition) is 6. The highest BCUT2D eigenvalue weighted by Crippen LogP contribution is 2.34. The van der Waals surface area contributed by atoms with E-state index < -0.39 is 0 Å². The fourth-order valence-corrected chi connectivity index (χ4v) is 3.20. The van der Waals surface area contributed by atoms with E-state index in [1.54, 1.807) is 7.11 Å². The number of fused-ring (bicyclic) bond motifs is 3. The van der Waals surface area contributed by atoms with Crippen LogP contribution in [0.2, 0.25) is 0 Å².